The lowest BCUT2D eigenvalue weighted by Gasteiger charge is -2.11. The average Bonchev–Trinajstić information content (AvgIpc) is 2.88. The summed E-state index contributed by atoms with van der Waals surface area (Å²) in [6.45, 7) is 0.236. The summed E-state index contributed by atoms with van der Waals surface area (Å²) < 4.78 is 106. The summed E-state index contributed by atoms with van der Waals surface area (Å²) in [6, 6.07) is 12.2. The fourth-order valence-electron chi connectivity index (χ4n) is 4.30. The van der Waals surface area contributed by atoms with Gasteiger partial charge in [-0.1, -0.05) is 43.0 Å². The van der Waals surface area contributed by atoms with Crippen LogP contribution in [0.1, 0.15) is 22.3 Å². The van der Waals surface area contributed by atoms with E-state index in [1.54, 1.807) is 30.3 Å². The second-order valence-electron chi connectivity index (χ2n) is 8.83. The highest BCUT2D eigenvalue weighted by Gasteiger charge is 2.18. The first kappa shape index (κ1) is 28.0. The Bertz CT molecular complexity index is 1450. The molecule has 204 valence electrons. The van der Waals surface area contributed by atoms with Crippen LogP contribution in [-0.4, -0.2) is 13.2 Å². The lowest BCUT2D eigenvalue weighted by atomic mass is 9.97. The van der Waals surface area contributed by atoms with Gasteiger partial charge in [0, 0.05) is 23.1 Å². The zero-order chi connectivity index (χ0) is 28.1. The second-order valence-corrected chi connectivity index (χ2v) is 8.83. The summed E-state index contributed by atoms with van der Waals surface area (Å²) in [5.74, 6) is -5.59. The molecule has 0 bridgehead atoms. The van der Waals surface area contributed by atoms with Gasteiger partial charge >= 0.3 is 6.61 Å². The molecule has 39 heavy (non-hydrogen) atoms. The number of hydrogen-bond acceptors (Lipinski definition) is 2. The van der Waals surface area contributed by atoms with Crippen molar-refractivity contribution in [3.05, 3.63) is 119 Å². The smallest absolute Gasteiger partial charge is 0.387 e. The molecule has 0 aliphatic heterocycles. The summed E-state index contributed by atoms with van der Waals surface area (Å²) in [5, 5.41) is 0.892. The van der Waals surface area contributed by atoms with Crippen molar-refractivity contribution in [2.45, 2.75) is 32.3 Å². The highest BCUT2D eigenvalue weighted by atomic mass is 19.3. The summed E-state index contributed by atoms with van der Waals surface area (Å²) in [6.07, 6.45) is 2.01. The number of rotatable bonds is 11. The minimum Gasteiger partial charge on any atom is -0.489 e. The lowest BCUT2D eigenvalue weighted by Crippen LogP contribution is -2.06. The third-order valence-electron chi connectivity index (χ3n) is 6.19. The van der Waals surface area contributed by atoms with Crippen LogP contribution in [0.25, 0.3) is 10.8 Å². The van der Waals surface area contributed by atoms with Gasteiger partial charge in [-0.3, -0.25) is 0 Å². The van der Waals surface area contributed by atoms with E-state index in [0.29, 0.717) is 22.8 Å². The molecule has 9 heteroatoms. The lowest BCUT2D eigenvalue weighted by molar-refractivity contribution is -0.0546. The number of hydrogen-bond donors (Lipinski definition) is 0. The molecule has 0 unspecified atom stereocenters. The van der Waals surface area contributed by atoms with Crippen molar-refractivity contribution in [3.8, 4) is 11.5 Å². The van der Waals surface area contributed by atoms with E-state index in [1.807, 2.05) is 0 Å². The minimum absolute atomic E-state index is 0.0534. The van der Waals surface area contributed by atoms with Crippen molar-refractivity contribution < 1.29 is 40.2 Å². The summed E-state index contributed by atoms with van der Waals surface area (Å²) >= 11 is 0. The van der Waals surface area contributed by atoms with Crippen LogP contribution >= 0.6 is 0 Å². The number of halogens is 7. The highest BCUT2D eigenvalue weighted by Crippen LogP contribution is 2.28. The normalized spacial score (nSPS) is 11.3. The standard InChI is InChI=1S/C30H23F7O2/c1-2-11-38-21-15-24(31)23(25(32)16-21)10-5-17-4-9-22-20(12-17)8-7-19(28(22)35)6-3-18-13-26(33)29(27(34)14-18)39-30(36)37/h2,4,7-9,12-16,30H,1,3,5-6,10-11H2. The van der Waals surface area contributed by atoms with Gasteiger partial charge in [-0.2, -0.15) is 8.78 Å². The molecule has 0 aliphatic rings. The van der Waals surface area contributed by atoms with Crippen LogP contribution in [0.4, 0.5) is 30.7 Å². The number of alkyl halides is 2. The number of fused-ring (bicyclic) bond motifs is 1. The molecule has 0 atom stereocenters. The minimum atomic E-state index is -3.37. The zero-order valence-corrected chi connectivity index (χ0v) is 20.6. The molecular formula is C30H23F7O2. The van der Waals surface area contributed by atoms with Gasteiger partial charge < -0.3 is 9.47 Å². The van der Waals surface area contributed by atoms with Gasteiger partial charge in [0.2, 0.25) is 0 Å². The Morgan fingerprint density at radius 2 is 1.38 bits per heavy atom. The van der Waals surface area contributed by atoms with Gasteiger partial charge in [0.05, 0.1) is 0 Å². The Hall–Kier alpha value is -4.01. The first-order chi connectivity index (χ1) is 18.7. The molecule has 0 aliphatic carbocycles. The Kier molecular flexibility index (Phi) is 8.79. The second kappa shape index (κ2) is 12.2. The van der Waals surface area contributed by atoms with Gasteiger partial charge in [-0.15, -0.1) is 0 Å². The molecule has 0 heterocycles. The van der Waals surface area contributed by atoms with Gasteiger partial charge in [0.25, 0.3) is 0 Å². The van der Waals surface area contributed by atoms with Crippen LogP contribution in [0.5, 0.6) is 11.5 Å². The van der Waals surface area contributed by atoms with E-state index in [4.69, 9.17) is 4.74 Å². The fourth-order valence-corrected chi connectivity index (χ4v) is 4.30. The summed E-state index contributed by atoms with van der Waals surface area (Å²) in [7, 11) is 0. The van der Waals surface area contributed by atoms with E-state index in [1.165, 1.54) is 6.08 Å². The van der Waals surface area contributed by atoms with E-state index in [0.717, 1.165) is 29.8 Å². The Morgan fingerprint density at radius 1 is 0.718 bits per heavy atom. The van der Waals surface area contributed by atoms with Gasteiger partial charge in [-0.25, -0.2) is 22.0 Å². The monoisotopic (exact) mass is 548 g/mol. The third kappa shape index (κ3) is 6.71. The van der Waals surface area contributed by atoms with Crippen molar-refractivity contribution in [1.29, 1.82) is 0 Å². The zero-order valence-electron chi connectivity index (χ0n) is 20.6. The maximum Gasteiger partial charge on any atom is 0.387 e. The molecule has 0 fully saturated rings. The van der Waals surface area contributed by atoms with Gasteiger partial charge in [-0.05, 0) is 59.9 Å². The largest absolute Gasteiger partial charge is 0.489 e. The quantitative estimate of drug-likeness (QED) is 0.139. The number of aryl methyl sites for hydroxylation is 3. The van der Waals surface area contributed by atoms with Crippen LogP contribution in [0, 0.1) is 29.1 Å². The summed E-state index contributed by atoms with van der Waals surface area (Å²) in [5.41, 5.74) is 1.12. The van der Waals surface area contributed by atoms with Crippen molar-refractivity contribution >= 4 is 10.8 Å². The molecule has 4 rings (SSSR count). The Labute approximate surface area is 220 Å². The van der Waals surface area contributed by atoms with E-state index in [9.17, 15) is 26.3 Å². The molecular weight excluding hydrogens is 525 g/mol. The number of benzene rings is 4. The van der Waals surface area contributed by atoms with E-state index < -0.39 is 41.4 Å². The molecule has 2 nitrogen and oxygen atoms in total. The van der Waals surface area contributed by atoms with Crippen LogP contribution in [0.2, 0.25) is 0 Å². The maximum absolute atomic E-state index is 15.2. The molecule has 0 aromatic heterocycles. The SMILES string of the molecule is C=CCOc1cc(F)c(CCc2ccc3c(F)c(CCc4cc(F)c(OC(F)F)c(F)c4)ccc3c2)c(F)c1. The fraction of sp³-hybridized carbons (Fsp3) is 0.200. The van der Waals surface area contributed by atoms with Crippen molar-refractivity contribution in [2.24, 2.45) is 0 Å². The molecule has 0 saturated heterocycles. The molecule has 0 saturated carbocycles. The topological polar surface area (TPSA) is 18.5 Å². The Morgan fingerprint density at radius 3 is 2.03 bits per heavy atom. The first-order valence-electron chi connectivity index (χ1n) is 12.0. The molecule has 0 radical (unpaired) electrons. The predicted octanol–water partition coefficient (Wildman–Crippen LogP) is 8.27. The van der Waals surface area contributed by atoms with Crippen LogP contribution in [0.15, 0.2) is 67.3 Å². The van der Waals surface area contributed by atoms with Gasteiger partial charge in [0.15, 0.2) is 17.4 Å². The number of ether oxygens (including phenoxy) is 2. The highest BCUT2D eigenvalue weighted by molar-refractivity contribution is 5.84. The van der Waals surface area contributed by atoms with Crippen LogP contribution in [-0.2, 0) is 25.7 Å². The molecule has 0 N–H and O–H groups in total. The van der Waals surface area contributed by atoms with E-state index in [-0.39, 0.29) is 42.7 Å². The van der Waals surface area contributed by atoms with Crippen LogP contribution in [0.3, 0.4) is 0 Å². The first-order valence-corrected chi connectivity index (χ1v) is 12.0. The molecule has 0 amide bonds. The van der Waals surface area contributed by atoms with E-state index >= 15 is 4.39 Å². The molecule has 4 aromatic rings. The van der Waals surface area contributed by atoms with Gasteiger partial charge in [0.1, 0.15) is 29.8 Å². The molecule has 4 aromatic carbocycles. The van der Waals surface area contributed by atoms with Crippen molar-refractivity contribution in [2.75, 3.05) is 6.61 Å². The maximum atomic E-state index is 15.2. The van der Waals surface area contributed by atoms with E-state index in [2.05, 4.69) is 11.3 Å². The van der Waals surface area contributed by atoms with Crippen molar-refractivity contribution in [1.82, 2.24) is 0 Å². The average molecular weight is 548 g/mol. The molecule has 0 spiro atoms. The van der Waals surface area contributed by atoms with Crippen LogP contribution < -0.4 is 9.47 Å². The van der Waals surface area contributed by atoms with Crippen molar-refractivity contribution in [3.63, 3.8) is 0 Å². The third-order valence-corrected chi connectivity index (χ3v) is 6.19. The predicted molar refractivity (Wildman–Crippen MR) is 134 cm³/mol. The Balaban J connectivity index is 1.45. The summed E-state index contributed by atoms with van der Waals surface area (Å²) in [4.78, 5) is 0.